The largest absolute Gasteiger partial charge is 0.383 e. The van der Waals surface area contributed by atoms with Gasteiger partial charge in [-0.25, -0.2) is 4.68 Å². The summed E-state index contributed by atoms with van der Waals surface area (Å²) in [5, 5.41) is 15.3. The van der Waals surface area contributed by atoms with Crippen molar-refractivity contribution in [3.63, 3.8) is 0 Å². The van der Waals surface area contributed by atoms with Gasteiger partial charge >= 0.3 is 0 Å². The maximum atomic E-state index is 5.11. The van der Waals surface area contributed by atoms with E-state index in [9.17, 15) is 0 Å². The van der Waals surface area contributed by atoms with Gasteiger partial charge in [0.1, 0.15) is 12.3 Å². The van der Waals surface area contributed by atoms with Crippen molar-refractivity contribution in [3.05, 3.63) is 29.4 Å². The Balaban J connectivity index is 1.82. The highest BCUT2D eigenvalue weighted by molar-refractivity contribution is 5.05. The number of hydrogen-bond acceptors (Lipinski definition) is 7. The molecule has 0 saturated heterocycles. The summed E-state index contributed by atoms with van der Waals surface area (Å²) >= 11 is 0. The van der Waals surface area contributed by atoms with E-state index in [1.165, 1.54) is 0 Å². The number of ether oxygens (including phenoxy) is 2. The lowest BCUT2D eigenvalue weighted by Crippen LogP contribution is -2.18. The van der Waals surface area contributed by atoms with Crippen molar-refractivity contribution in [2.75, 3.05) is 27.4 Å². The minimum atomic E-state index is 0.416. The van der Waals surface area contributed by atoms with E-state index in [1.807, 2.05) is 12.3 Å². The molecule has 2 rings (SSSR count). The van der Waals surface area contributed by atoms with Crippen LogP contribution in [0.4, 0.5) is 0 Å². The van der Waals surface area contributed by atoms with Gasteiger partial charge < -0.3 is 19.3 Å². The standard InChI is InChI=1S/C12H19N5O3/c1-18-4-3-13-6-11-8-17(16-14-11)7-10-5-12(9-19-2)20-15-10/h5,8,13H,3-4,6-7,9H2,1-2H3. The number of nitrogens with one attached hydrogen (secondary N) is 1. The highest BCUT2D eigenvalue weighted by Crippen LogP contribution is 2.06. The summed E-state index contributed by atoms with van der Waals surface area (Å²) in [4.78, 5) is 0. The van der Waals surface area contributed by atoms with Crippen molar-refractivity contribution in [2.24, 2.45) is 0 Å². The third-order valence-electron chi connectivity index (χ3n) is 2.59. The normalized spacial score (nSPS) is 11.1. The van der Waals surface area contributed by atoms with E-state index in [0.29, 0.717) is 32.1 Å². The summed E-state index contributed by atoms with van der Waals surface area (Å²) in [7, 11) is 3.29. The first-order valence-corrected chi connectivity index (χ1v) is 6.34. The van der Waals surface area contributed by atoms with Gasteiger partial charge in [-0.15, -0.1) is 5.10 Å². The zero-order valence-corrected chi connectivity index (χ0v) is 11.7. The van der Waals surface area contributed by atoms with Crippen LogP contribution in [0.15, 0.2) is 16.8 Å². The van der Waals surface area contributed by atoms with E-state index in [2.05, 4.69) is 20.8 Å². The van der Waals surface area contributed by atoms with Crippen LogP contribution in [0.2, 0.25) is 0 Å². The molecule has 0 spiro atoms. The smallest absolute Gasteiger partial charge is 0.162 e. The lowest BCUT2D eigenvalue weighted by molar-refractivity contribution is 0.155. The Bertz CT molecular complexity index is 511. The molecule has 0 aliphatic carbocycles. The fourth-order valence-corrected chi connectivity index (χ4v) is 1.69. The summed E-state index contributed by atoms with van der Waals surface area (Å²) in [6.07, 6.45) is 1.88. The number of rotatable bonds is 9. The molecule has 2 heterocycles. The monoisotopic (exact) mass is 281 g/mol. The molecule has 20 heavy (non-hydrogen) atoms. The lowest BCUT2D eigenvalue weighted by Gasteiger charge is -1.99. The molecule has 0 amide bonds. The average Bonchev–Trinajstić information content (AvgIpc) is 3.06. The van der Waals surface area contributed by atoms with Crippen molar-refractivity contribution >= 4 is 0 Å². The van der Waals surface area contributed by atoms with Crippen molar-refractivity contribution in [2.45, 2.75) is 19.7 Å². The zero-order chi connectivity index (χ0) is 14.2. The van der Waals surface area contributed by atoms with Crippen LogP contribution in [0.5, 0.6) is 0 Å². The van der Waals surface area contributed by atoms with E-state index in [1.54, 1.807) is 18.9 Å². The second kappa shape index (κ2) is 7.73. The van der Waals surface area contributed by atoms with Gasteiger partial charge in [-0.05, 0) is 0 Å². The molecule has 1 N–H and O–H groups in total. The molecule has 0 atom stereocenters. The van der Waals surface area contributed by atoms with Gasteiger partial charge in [0.2, 0.25) is 0 Å². The van der Waals surface area contributed by atoms with E-state index < -0.39 is 0 Å². The minimum Gasteiger partial charge on any atom is -0.383 e. The third kappa shape index (κ3) is 4.41. The van der Waals surface area contributed by atoms with Gasteiger partial charge in [-0.3, -0.25) is 0 Å². The molecule has 0 aromatic carbocycles. The van der Waals surface area contributed by atoms with E-state index in [4.69, 9.17) is 14.0 Å². The molecule has 0 bridgehead atoms. The van der Waals surface area contributed by atoms with Crippen LogP contribution in [-0.2, 0) is 29.2 Å². The third-order valence-corrected chi connectivity index (χ3v) is 2.59. The molecule has 0 radical (unpaired) electrons. The SMILES string of the molecule is COCCNCc1cn(Cc2cc(COC)on2)nn1. The van der Waals surface area contributed by atoms with Crippen molar-refractivity contribution in [1.29, 1.82) is 0 Å². The Hall–Kier alpha value is -1.77. The Morgan fingerprint density at radius 1 is 1.30 bits per heavy atom. The van der Waals surface area contributed by atoms with Crippen LogP contribution in [0.25, 0.3) is 0 Å². The molecular weight excluding hydrogens is 262 g/mol. The first kappa shape index (κ1) is 14.6. The quantitative estimate of drug-likeness (QED) is 0.657. The van der Waals surface area contributed by atoms with Crippen molar-refractivity contribution < 1.29 is 14.0 Å². The molecule has 8 heteroatoms. The molecule has 0 fully saturated rings. The van der Waals surface area contributed by atoms with Crippen LogP contribution in [0.1, 0.15) is 17.1 Å². The van der Waals surface area contributed by atoms with Gasteiger partial charge in [0.25, 0.3) is 0 Å². The predicted molar refractivity (Wildman–Crippen MR) is 69.9 cm³/mol. The van der Waals surface area contributed by atoms with Gasteiger partial charge in [-0.2, -0.15) is 0 Å². The van der Waals surface area contributed by atoms with Crippen LogP contribution in [0.3, 0.4) is 0 Å². The maximum Gasteiger partial charge on any atom is 0.162 e. The Morgan fingerprint density at radius 3 is 3.00 bits per heavy atom. The Labute approximate surface area is 117 Å². The molecule has 0 unspecified atom stereocenters. The molecular formula is C12H19N5O3. The van der Waals surface area contributed by atoms with Gasteiger partial charge in [-0.1, -0.05) is 10.4 Å². The van der Waals surface area contributed by atoms with Gasteiger partial charge in [0.15, 0.2) is 5.76 Å². The van der Waals surface area contributed by atoms with Crippen LogP contribution < -0.4 is 5.32 Å². The second-order valence-electron chi connectivity index (χ2n) is 4.29. The van der Waals surface area contributed by atoms with Crippen LogP contribution in [-0.4, -0.2) is 47.5 Å². The van der Waals surface area contributed by atoms with E-state index in [0.717, 1.165) is 17.9 Å². The fraction of sp³-hybridized carbons (Fsp3) is 0.583. The van der Waals surface area contributed by atoms with E-state index >= 15 is 0 Å². The molecule has 0 aliphatic heterocycles. The summed E-state index contributed by atoms with van der Waals surface area (Å²) in [5.74, 6) is 0.698. The number of aromatic nitrogens is 4. The summed E-state index contributed by atoms with van der Waals surface area (Å²) in [6.45, 7) is 3.07. The molecule has 110 valence electrons. The Morgan fingerprint density at radius 2 is 2.20 bits per heavy atom. The van der Waals surface area contributed by atoms with Gasteiger partial charge in [0, 0.05) is 33.4 Å². The first-order chi connectivity index (χ1) is 9.81. The zero-order valence-electron chi connectivity index (χ0n) is 11.7. The predicted octanol–water partition coefficient (Wildman–Crippen LogP) is 0.197. The summed E-state index contributed by atoms with van der Waals surface area (Å²) in [6, 6.07) is 1.85. The molecule has 2 aromatic heterocycles. The first-order valence-electron chi connectivity index (χ1n) is 6.34. The number of nitrogens with zero attached hydrogens (tertiary/aromatic N) is 4. The average molecular weight is 281 g/mol. The van der Waals surface area contributed by atoms with E-state index in [-0.39, 0.29) is 0 Å². The number of methoxy groups -OCH3 is 2. The number of hydrogen-bond donors (Lipinski definition) is 1. The maximum absolute atomic E-state index is 5.11. The molecule has 8 nitrogen and oxygen atoms in total. The van der Waals surface area contributed by atoms with Crippen LogP contribution in [0, 0.1) is 0 Å². The fourth-order valence-electron chi connectivity index (χ4n) is 1.69. The molecule has 0 saturated carbocycles. The summed E-state index contributed by atoms with van der Waals surface area (Å²) in [5.41, 5.74) is 1.67. The minimum absolute atomic E-state index is 0.416. The summed E-state index contributed by atoms with van der Waals surface area (Å²) < 4.78 is 16.8. The molecule has 0 aliphatic rings. The van der Waals surface area contributed by atoms with Crippen molar-refractivity contribution in [1.82, 2.24) is 25.5 Å². The highest BCUT2D eigenvalue weighted by Gasteiger charge is 2.06. The Kier molecular flexibility index (Phi) is 5.66. The highest BCUT2D eigenvalue weighted by atomic mass is 16.5. The van der Waals surface area contributed by atoms with Crippen molar-refractivity contribution in [3.8, 4) is 0 Å². The topological polar surface area (TPSA) is 87.2 Å². The second-order valence-corrected chi connectivity index (χ2v) is 4.29. The lowest BCUT2D eigenvalue weighted by atomic mass is 10.3. The molecule has 2 aromatic rings. The van der Waals surface area contributed by atoms with Gasteiger partial charge in [0.05, 0.1) is 25.0 Å². The van der Waals surface area contributed by atoms with Crippen LogP contribution >= 0.6 is 0 Å².